The standard InChI is InChI=1S/C18H24N4OS.2ClH/c1-18(19)8-3-2-4-14(18)17(23)21-11-7-16-22-15(12-24-16)13-5-9-20-10-6-13;;/h5-6,9-10,12,14H,2-4,7-8,11,19H2,1H3,(H,21,23);2*1H. The van der Waals surface area contributed by atoms with Gasteiger partial charge < -0.3 is 11.1 Å². The van der Waals surface area contributed by atoms with Gasteiger partial charge in [0.25, 0.3) is 0 Å². The predicted octanol–water partition coefficient (Wildman–Crippen LogP) is 3.62. The molecule has 2 unspecified atom stereocenters. The van der Waals surface area contributed by atoms with Crippen LogP contribution in [0.25, 0.3) is 11.3 Å². The summed E-state index contributed by atoms with van der Waals surface area (Å²) in [5, 5.41) is 6.12. The maximum atomic E-state index is 12.4. The number of hydrogen-bond acceptors (Lipinski definition) is 5. The van der Waals surface area contributed by atoms with Crippen molar-refractivity contribution in [1.82, 2.24) is 15.3 Å². The number of thiazole rings is 1. The molecule has 0 spiro atoms. The second kappa shape index (κ2) is 10.2. The topological polar surface area (TPSA) is 80.9 Å². The fourth-order valence-electron chi connectivity index (χ4n) is 3.29. The van der Waals surface area contributed by atoms with E-state index in [9.17, 15) is 4.79 Å². The Morgan fingerprint density at radius 3 is 2.77 bits per heavy atom. The summed E-state index contributed by atoms with van der Waals surface area (Å²) < 4.78 is 0. The van der Waals surface area contributed by atoms with Crippen LogP contribution in [0.1, 0.15) is 37.6 Å². The van der Waals surface area contributed by atoms with Crippen LogP contribution < -0.4 is 11.1 Å². The highest BCUT2D eigenvalue weighted by Gasteiger charge is 2.37. The van der Waals surface area contributed by atoms with E-state index in [0.29, 0.717) is 6.54 Å². The Labute approximate surface area is 171 Å². The first-order valence-corrected chi connectivity index (χ1v) is 9.35. The summed E-state index contributed by atoms with van der Waals surface area (Å²) in [6.45, 7) is 2.60. The van der Waals surface area contributed by atoms with Crippen LogP contribution in [0, 0.1) is 5.92 Å². The molecule has 2 heterocycles. The number of pyridine rings is 1. The number of carbonyl (C=O) groups is 1. The summed E-state index contributed by atoms with van der Waals surface area (Å²) in [5.41, 5.74) is 7.95. The molecule has 3 N–H and O–H groups in total. The van der Waals surface area contributed by atoms with E-state index in [-0.39, 0.29) is 42.2 Å². The van der Waals surface area contributed by atoms with Crippen molar-refractivity contribution in [2.75, 3.05) is 6.54 Å². The van der Waals surface area contributed by atoms with Gasteiger partial charge in [-0.1, -0.05) is 12.8 Å². The fourth-order valence-corrected chi connectivity index (χ4v) is 4.09. The van der Waals surface area contributed by atoms with Gasteiger partial charge in [0.2, 0.25) is 5.91 Å². The first-order valence-electron chi connectivity index (χ1n) is 8.48. The summed E-state index contributed by atoms with van der Waals surface area (Å²) in [4.78, 5) is 21.1. The summed E-state index contributed by atoms with van der Waals surface area (Å²) >= 11 is 1.62. The number of nitrogens with two attached hydrogens (primary N) is 1. The zero-order valence-electron chi connectivity index (χ0n) is 14.8. The third-order valence-corrected chi connectivity index (χ3v) is 5.65. The first-order chi connectivity index (χ1) is 11.6. The molecule has 0 radical (unpaired) electrons. The van der Waals surface area contributed by atoms with Crippen LogP contribution in [-0.4, -0.2) is 28.0 Å². The van der Waals surface area contributed by atoms with Gasteiger partial charge >= 0.3 is 0 Å². The summed E-state index contributed by atoms with van der Waals surface area (Å²) in [6.07, 6.45) is 8.30. The SMILES string of the molecule is CC1(N)CCCCC1C(=O)NCCc1nc(-c2ccncc2)cs1.Cl.Cl. The Kier molecular flexibility index (Phi) is 8.96. The Morgan fingerprint density at radius 1 is 1.35 bits per heavy atom. The van der Waals surface area contributed by atoms with Crippen LogP contribution in [0.2, 0.25) is 0 Å². The molecule has 0 aromatic carbocycles. The zero-order chi connectivity index (χ0) is 17.0. The molecule has 3 rings (SSSR count). The highest BCUT2D eigenvalue weighted by Crippen LogP contribution is 2.31. The average molecular weight is 417 g/mol. The van der Waals surface area contributed by atoms with Crippen molar-refractivity contribution < 1.29 is 4.79 Å². The molecular formula is C18H26Cl2N4OS. The van der Waals surface area contributed by atoms with Crippen molar-refractivity contribution in [2.24, 2.45) is 11.7 Å². The van der Waals surface area contributed by atoms with Crippen LogP contribution >= 0.6 is 36.2 Å². The Morgan fingerprint density at radius 2 is 2.08 bits per heavy atom. The molecule has 1 amide bonds. The van der Waals surface area contributed by atoms with Gasteiger partial charge in [-0.3, -0.25) is 9.78 Å². The second-order valence-corrected chi connectivity index (χ2v) is 7.65. The third-order valence-electron chi connectivity index (χ3n) is 4.74. The van der Waals surface area contributed by atoms with E-state index in [1.807, 2.05) is 24.4 Å². The maximum Gasteiger partial charge on any atom is 0.224 e. The molecule has 1 saturated carbocycles. The first kappa shape index (κ1) is 22.8. The lowest BCUT2D eigenvalue weighted by molar-refractivity contribution is -0.128. The number of nitrogens with zero attached hydrogens (tertiary/aromatic N) is 2. The van der Waals surface area contributed by atoms with Gasteiger partial charge in [-0.15, -0.1) is 36.2 Å². The number of amides is 1. The van der Waals surface area contributed by atoms with Gasteiger partial charge in [0.05, 0.1) is 16.6 Å². The molecule has 8 heteroatoms. The van der Waals surface area contributed by atoms with Crippen LogP contribution in [0.15, 0.2) is 29.9 Å². The second-order valence-electron chi connectivity index (χ2n) is 6.71. The van der Waals surface area contributed by atoms with Crippen LogP contribution in [0.4, 0.5) is 0 Å². The number of hydrogen-bond donors (Lipinski definition) is 2. The van der Waals surface area contributed by atoms with E-state index in [0.717, 1.165) is 48.4 Å². The molecule has 2 aromatic rings. The molecule has 144 valence electrons. The lowest BCUT2D eigenvalue weighted by Gasteiger charge is -2.37. The molecule has 1 aliphatic rings. The van der Waals surface area contributed by atoms with Crippen molar-refractivity contribution >= 4 is 42.1 Å². The van der Waals surface area contributed by atoms with Crippen molar-refractivity contribution in [3.8, 4) is 11.3 Å². The highest BCUT2D eigenvalue weighted by molar-refractivity contribution is 7.09. The summed E-state index contributed by atoms with van der Waals surface area (Å²) in [6, 6.07) is 3.90. The van der Waals surface area contributed by atoms with Gasteiger partial charge in [-0.05, 0) is 31.9 Å². The Balaban J connectivity index is 0.00000169. The van der Waals surface area contributed by atoms with E-state index in [4.69, 9.17) is 5.73 Å². The van der Waals surface area contributed by atoms with E-state index >= 15 is 0 Å². The molecule has 2 aromatic heterocycles. The van der Waals surface area contributed by atoms with Crippen LogP contribution in [0.5, 0.6) is 0 Å². The minimum Gasteiger partial charge on any atom is -0.355 e. The lowest BCUT2D eigenvalue weighted by Crippen LogP contribution is -2.53. The molecular weight excluding hydrogens is 391 g/mol. The molecule has 26 heavy (non-hydrogen) atoms. The highest BCUT2D eigenvalue weighted by atomic mass is 35.5. The average Bonchev–Trinajstić information content (AvgIpc) is 3.04. The Bertz CT molecular complexity index is 694. The van der Waals surface area contributed by atoms with Crippen LogP contribution in [-0.2, 0) is 11.2 Å². The van der Waals surface area contributed by atoms with Crippen molar-refractivity contribution in [3.05, 3.63) is 34.9 Å². The zero-order valence-corrected chi connectivity index (χ0v) is 17.3. The van der Waals surface area contributed by atoms with E-state index in [2.05, 4.69) is 15.3 Å². The van der Waals surface area contributed by atoms with Gasteiger partial charge in [-0.2, -0.15) is 0 Å². The number of carbonyl (C=O) groups excluding carboxylic acids is 1. The smallest absolute Gasteiger partial charge is 0.224 e. The van der Waals surface area contributed by atoms with Crippen LogP contribution in [0.3, 0.4) is 0 Å². The monoisotopic (exact) mass is 416 g/mol. The van der Waals surface area contributed by atoms with Crippen molar-refractivity contribution in [2.45, 2.75) is 44.6 Å². The Hall–Kier alpha value is -1.21. The lowest BCUT2D eigenvalue weighted by atomic mass is 9.74. The van der Waals surface area contributed by atoms with Gasteiger partial charge in [0.1, 0.15) is 0 Å². The molecule has 0 aliphatic heterocycles. The number of rotatable bonds is 5. The number of aromatic nitrogens is 2. The van der Waals surface area contributed by atoms with E-state index in [1.165, 1.54) is 0 Å². The van der Waals surface area contributed by atoms with Gasteiger partial charge in [0.15, 0.2) is 0 Å². The molecule has 2 atom stereocenters. The van der Waals surface area contributed by atoms with Gasteiger partial charge in [-0.25, -0.2) is 4.98 Å². The molecule has 0 saturated heterocycles. The van der Waals surface area contributed by atoms with Gasteiger partial charge in [0, 0.05) is 41.8 Å². The van der Waals surface area contributed by atoms with Crippen molar-refractivity contribution in [3.63, 3.8) is 0 Å². The molecule has 1 aliphatic carbocycles. The minimum absolute atomic E-state index is 0. The predicted molar refractivity (Wildman–Crippen MR) is 111 cm³/mol. The fraction of sp³-hybridized carbons (Fsp3) is 0.500. The number of halogens is 2. The van der Waals surface area contributed by atoms with E-state index < -0.39 is 0 Å². The minimum atomic E-state index is -0.377. The largest absolute Gasteiger partial charge is 0.355 e. The maximum absolute atomic E-state index is 12.4. The summed E-state index contributed by atoms with van der Waals surface area (Å²) in [7, 11) is 0. The van der Waals surface area contributed by atoms with E-state index in [1.54, 1.807) is 23.7 Å². The normalized spacial score (nSPS) is 22.0. The molecule has 0 bridgehead atoms. The van der Waals surface area contributed by atoms with Crippen molar-refractivity contribution in [1.29, 1.82) is 0 Å². The molecule has 5 nitrogen and oxygen atoms in total. The summed E-state index contributed by atoms with van der Waals surface area (Å²) in [5.74, 6) is 0.0144. The molecule has 1 fully saturated rings. The third kappa shape index (κ3) is 5.64. The quantitative estimate of drug-likeness (QED) is 0.779. The number of nitrogens with one attached hydrogen (secondary N) is 1.